The van der Waals surface area contributed by atoms with Crippen molar-refractivity contribution in [2.45, 2.75) is 596 Å². The fourth-order valence-electron chi connectivity index (χ4n) is 21.4. The average molecular weight is 1860 g/mol. The molecule has 4 saturated heterocycles. The smallest absolute Gasteiger partial charge is 0.169 e. The highest BCUT2D eigenvalue weighted by Gasteiger charge is 2.60. The molecule has 0 aromatic carbocycles. The van der Waals surface area contributed by atoms with Crippen LogP contribution >= 0.6 is 0 Å². The average Bonchev–Trinajstić information content (AvgIpc) is 1.58. The van der Waals surface area contributed by atoms with E-state index in [0.29, 0.717) is 12.5 Å². The lowest BCUT2D eigenvalue weighted by atomic mass is 9.87. The molecule has 772 valence electrons. The van der Waals surface area contributed by atoms with Crippen LogP contribution < -0.4 is 0 Å². The summed E-state index contributed by atoms with van der Waals surface area (Å²) in [5, 5.41) is 12.4. The Kier molecular flexibility index (Phi) is 76.9. The van der Waals surface area contributed by atoms with E-state index in [1.807, 2.05) is 0 Å². The van der Waals surface area contributed by atoms with Gasteiger partial charge in [-0.05, 0) is 289 Å². The van der Waals surface area contributed by atoms with Crippen molar-refractivity contribution >= 4 is 0 Å². The molecule has 0 radical (unpaired) electrons. The fraction of sp³-hybridized carbons (Fsp3) is 0.810. The van der Waals surface area contributed by atoms with Crippen LogP contribution in [0.2, 0.25) is 0 Å². The van der Waals surface area contributed by atoms with Crippen LogP contribution in [0.3, 0.4) is 0 Å². The van der Waals surface area contributed by atoms with Crippen molar-refractivity contribution in [2.24, 2.45) is 17.8 Å². The largest absolute Gasteiger partial charge is 0.389 e. The summed E-state index contributed by atoms with van der Waals surface area (Å²) < 4.78 is 36.6. The Balaban J connectivity index is 0.958. The zero-order valence-electron chi connectivity index (χ0n) is 89.9. The number of allylic oxidation sites excluding steroid dienone is 24. The summed E-state index contributed by atoms with van der Waals surface area (Å²) in [6.45, 7) is 17.7. The van der Waals surface area contributed by atoms with E-state index in [9.17, 15) is 5.11 Å². The van der Waals surface area contributed by atoms with E-state index < -0.39 is 11.9 Å². The van der Waals surface area contributed by atoms with Gasteiger partial charge in [0, 0.05) is 45.3 Å². The summed E-state index contributed by atoms with van der Waals surface area (Å²) in [7, 11) is 4.44. The van der Waals surface area contributed by atoms with E-state index >= 15 is 0 Å². The Morgan fingerprint density at radius 2 is 0.560 bits per heavy atom. The van der Waals surface area contributed by atoms with Gasteiger partial charge in [-0.2, -0.15) is 0 Å². The summed E-state index contributed by atoms with van der Waals surface area (Å²) in [5.41, 5.74) is -0.167. The topological polar surface area (TPSA) is 72.9 Å². The van der Waals surface area contributed by atoms with Crippen molar-refractivity contribution in [2.75, 3.05) is 40.3 Å². The summed E-state index contributed by atoms with van der Waals surface area (Å²) in [6, 6.07) is 0. The van der Waals surface area contributed by atoms with Gasteiger partial charge in [-0.3, -0.25) is 0 Å². The Labute approximate surface area is 833 Å². The first kappa shape index (κ1) is 121. The third-order valence-electron chi connectivity index (χ3n) is 30.4. The first-order chi connectivity index (χ1) is 66.0. The predicted molar refractivity (Wildman–Crippen MR) is 588 cm³/mol. The highest BCUT2D eigenvalue weighted by Crippen LogP contribution is 2.56. The third kappa shape index (κ3) is 62.8. The number of hydrogen-bond donors (Lipinski definition) is 1. The summed E-state index contributed by atoms with van der Waals surface area (Å²) in [4.78, 5) is 4.77. The van der Waals surface area contributed by atoms with Gasteiger partial charge in [0.2, 0.25) is 0 Å². The second kappa shape index (κ2) is 85.2. The first-order valence-electron chi connectivity index (χ1n) is 59.2. The molecule has 1 aliphatic carbocycles. The van der Waals surface area contributed by atoms with Crippen LogP contribution in [-0.4, -0.2) is 109 Å². The lowest BCUT2D eigenvalue weighted by molar-refractivity contribution is -0.213. The van der Waals surface area contributed by atoms with Crippen LogP contribution in [0.5, 0.6) is 0 Å². The molecule has 8 heteroatoms. The molecule has 0 aromatic rings. The Hall–Kier alpha value is -3.44. The number of likely N-dealkylation sites (N-methyl/N-ethyl adjacent to an activating group) is 2. The van der Waals surface area contributed by atoms with Crippen LogP contribution in [0, 0.1) is 17.8 Å². The number of rotatable bonds is 92. The monoisotopic (exact) mass is 1860 g/mol. The van der Waals surface area contributed by atoms with Gasteiger partial charge in [-0.15, -0.1) is 0 Å². The van der Waals surface area contributed by atoms with E-state index in [2.05, 4.69) is 211 Å². The van der Waals surface area contributed by atoms with Crippen LogP contribution in [-0.2, 0) is 23.7 Å². The molecular formula is C126H222N2O6. The summed E-state index contributed by atoms with van der Waals surface area (Å²) >= 11 is 0. The standard InChI is InChI=1S/C126H222N2O6/c1-9-13-17-21-25-29-33-37-41-47-55-63-71-79-87-95-105-124(111-117(124)103-94-86-78-70-62-54-44-40-36-32-28-24-20-16-12-4)133-122-118(129)112-128(8)114-121-123(122)134-126(132-121,108-98-90-82-74-66-57-49-43-39-35-31-27-23-19-15-11-3)109-99-91-83-75-67-59-51-46-53-61-69-77-85-93-102-116(6)115(5)101-92-84-76-68-60-52-45-50-58-65-73-81-89-97-107-125(130-119-104-100-110-127(7)113-120(119)131-125)106-96-88-80-72-64-56-48-42-38-34-30-26-22-18-14-10-2/h25-32,37-46,52-53,68-69,76-77,115-123,129H,9-24,33-36,47-51,54-67,70-75,78-114H2,1-8H3/b29-25-,30-26-,31-27-,32-28-,41-37-,42-38-,43-39-,44-40-,52-45-,53-46-,76-68-,77-69-/t115?,116?,117?,118-,119+,120-,121-,122-,123-,124?,125?,126?/m1/s1. The number of aliphatic hydroxyl groups excluding tert-OH is 1. The van der Waals surface area contributed by atoms with E-state index in [0.717, 1.165) is 128 Å². The van der Waals surface area contributed by atoms with Gasteiger partial charge in [-0.1, -0.05) is 412 Å². The number of unbranched alkanes of at least 4 members (excludes halogenated alkanes) is 49. The lowest BCUT2D eigenvalue weighted by Crippen LogP contribution is -2.48. The van der Waals surface area contributed by atoms with Crippen molar-refractivity contribution in [3.8, 4) is 0 Å². The van der Waals surface area contributed by atoms with E-state index in [-0.39, 0.29) is 41.9 Å². The minimum Gasteiger partial charge on any atom is -0.389 e. The van der Waals surface area contributed by atoms with Gasteiger partial charge in [0.15, 0.2) is 11.6 Å². The van der Waals surface area contributed by atoms with Crippen LogP contribution in [0.4, 0.5) is 0 Å². The molecule has 0 amide bonds. The number of likely N-dealkylation sites (tertiary alicyclic amines) is 2. The highest BCUT2D eigenvalue weighted by molar-refractivity contribution is 5.09. The number of nitrogens with zero attached hydrogens (tertiary/aromatic N) is 2. The van der Waals surface area contributed by atoms with E-state index in [4.69, 9.17) is 23.7 Å². The molecule has 1 saturated carbocycles. The Morgan fingerprint density at radius 3 is 0.896 bits per heavy atom. The number of hydrogen-bond acceptors (Lipinski definition) is 8. The third-order valence-corrected chi connectivity index (χ3v) is 30.4. The second-order valence-electron chi connectivity index (χ2n) is 43.1. The Morgan fingerprint density at radius 1 is 0.291 bits per heavy atom. The molecular weight excluding hydrogens is 1640 g/mol. The van der Waals surface area contributed by atoms with Crippen molar-refractivity contribution in [1.82, 2.24) is 9.80 Å². The van der Waals surface area contributed by atoms with Gasteiger partial charge >= 0.3 is 0 Å². The minimum absolute atomic E-state index is 0.107. The maximum absolute atomic E-state index is 12.4. The van der Waals surface area contributed by atoms with Crippen molar-refractivity contribution in [3.05, 3.63) is 146 Å². The molecule has 12 atom stereocenters. The van der Waals surface area contributed by atoms with Crippen molar-refractivity contribution in [3.63, 3.8) is 0 Å². The normalized spacial score (nSPS) is 23.4. The molecule has 1 N–H and O–H groups in total. The lowest BCUT2D eigenvalue weighted by Gasteiger charge is -2.34. The van der Waals surface area contributed by atoms with Crippen LogP contribution in [0.1, 0.15) is 542 Å². The molecule has 134 heavy (non-hydrogen) atoms. The number of aliphatic hydroxyl groups is 1. The number of fused-ring (bicyclic) bond motifs is 2. The van der Waals surface area contributed by atoms with Gasteiger partial charge in [0.25, 0.3) is 0 Å². The summed E-state index contributed by atoms with van der Waals surface area (Å²) in [5.74, 6) is 1.17. The molecule has 6 unspecified atom stereocenters. The Bertz CT molecular complexity index is 3020. The molecule has 8 nitrogen and oxygen atoms in total. The van der Waals surface area contributed by atoms with Gasteiger partial charge in [0.05, 0.1) is 23.9 Å². The molecule has 0 spiro atoms. The van der Waals surface area contributed by atoms with Crippen molar-refractivity contribution < 1.29 is 28.8 Å². The zero-order valence-corrected chi connectivity index (χ0v) is 89.9. The van der Waals surface area contributed by atoms with Gasteiger partial charge in [0.1, 0.15) is 18.3 Å². The molecule has 5 rings (SSSR count). The number of β-amino-alcohol motifs (C(OH)–C–C–N with tert-alkyl or cyclic N) is 1. The SMILES string of the molecule is CCCCC/C=C\C/C=C\CCCCCCCCC1(CCCCCCCC/C=C\C/C=C\CCCC(C)C(C)CCC/C=C\C/C=C\CCCCCCCCC2(CCCCCCCC/C=C\C/C=C\CCCCC)O[C@H]3CCCN(C)C[C@H]3O2)O[C@H]2[C@H](OC3(CCCCCCCC/C=C\C/C=C\CCCCC)CC3CCCCCCC/C=C\C/C=C\CCCCC)[C@H](O)CN(C)C[C@H]2O1. The van der Waals surface area contributed by atoms with Crippen molar-refractivity contribution in [1.29, 1.82) is 0 Å². The maximum atomic E-state index is 12.4. The van der Waals surface area contributed by atoms with Gasteiger partial charge in [-0.25, -0.2) is 0 Å². The second-order valence-corrected chi connectivity index (χ2v) is 43.1. The molecule has 5 fully saturated rings. The molecule has 0 bridgehead atoms. The number of ether oxygens (including phenoxy) is 5. The maximum Gasteiger partial charge on any atom is 0.169 e. The molecule has 5 aliphatic rings. The van der Waals surface area contributed by atoms with Gasteiger partial charge < -0.3 is 38.6 Å². The van der Waals surface area contributed by atoms with E-state index in [1.165, 1.54) is 405 Å². The van der Waals surface area contributed by atoms with Crippen LogP contribution in [0.15, 0.2) is 146 Å². The van der Waals surface area contributed by atoms with Crippen LogP contribution in [0.25, 0.3) is 0 Å². The first-order valence-corrected chi connectivity index (χ1v) is 59.2. The molecule has 4 heterocycles. The summed E-state index contributed by atoms with van der Waals surface area (Å²) in [6.07, 6.45) is 153. The fourth-order valence-corrected chi connectivity index (χ4v) is 21.4. The molecule has 4 aliphatic heterocycles. The zero-order chi connectivity index (χ0) is 95.3. The quantitative estimate of drug-likeness (QED) is 0.0477. The predicted octanol–water partition coefficient (Wildman–Crippen LogP) is 38.4. The van der Waals surface area contributed by atoms with E-state index in [1.54, 1.807) is 0 Å². The highest BCUT2D eigenvalue weighted by atomic mass is 16.8. The minimum atomic E-state index is -0.619. The molecule has 0 aromatic heterocycles.